The SMILES string of the molecule is COc1ccc(CCNC(=O)c2ccc3ncn(-c4ccc(Cl)cc4)c3c2)cc1F. The molecule has 0 unspecified atom stereocenters. The molecular weight excluding hydrogens is 405 g/mol. The van der Waals surface area contributed by atoms with Crippen LogP contribution in [0.2, 0.25) is 5.02 Å². The first-order valence-corrected chi connectivity index (χ1v) is 9.76. The Bertz CT molecular complexity index is 1210. The van der Waals surface area contributed by atoms with Crippen molar-refractivity contribution in [3.05, 3.63) is 89.0 Å². The largest absolute Gasteiger partial charge is 0.494 e. The molecule has 1 N–H and O–H groups in total. The maximum atomic E-state index is 13.8. The highest BCUT2D eigenvalue weighted by atomic mass is 35.5. The van der Waals surface area contributed by atoms with E-state index >= 15 is 0 Å². The predicted molar refractivity (Wildman–Crippen MR) is 115 cm³/mol. The lowest BCUT2D eigenvalue weighted by molar-refractivity contribution is 0.0954. The highest BCUT2D eigenvalue weighted by molar-refractivity contribution is 6.30. The lowest BCUT2D eigenvalue weighted by atomic mass is 10.1. The summed E-state index contributed by atoms with van der Waals surface area (Å²) >= 11 is 5.97. The molecule has 5 nitrogen and oxygen atoms in total. The minimum atomic E-state index is -0.415. The van der Waals surface area contributed by atoms with E-state index in [1.54, 1.807) is 42.7 Å². The Morgan fingerprint density at radius 3 is 2.67 bits per heavy atom. The van der Waals surface area contributed by atoms with Gasteiger partial charge < -0.3 is 10.1 Å². The highest BCUT2D eigenvalue weighted by Crippen LogP contribution is 2.21. The zero-order chi connectivity index (χ0) is 21.1. The van der Waals surface area contributed by atoms with Crippen molar-refractivity contribution in [1.82, 2.24) is 14.9 Å². The van der Waals surface area contributed by atoms with E-state index in [2.05, 4.69) is 10.3 Å². The van der Waals surface area contributed by atoms with Gasteiger partial charge in [-0.3, -0.25) is 9.36 Å². The van der Waals surface area contributed by atoms with Gasteiger partial charge in [0.05, 0.1) is 18.1 Å². The van der Waals surface area contributed by atoms with Crippen molar-refractivity contribution in [2.75, 3.05) is 13.7 Å². The molecule has 30 heavy (non-hydrogen) atoms. The lowest BCUT2D eigenvalue weighted by Gasteiger charge is -2.08. The molecule has 0 aliphatic heterocycles. The normalized spacial score (nSPS) is 10.9. The van der Waals surface area contributed by atoms with Crippen LogP contribution in [-0.2, 0) is 6.42 Å². The number of aromatic nitrogens is 2. The summed E-state index contributed by atoms with van der Waals surface area (Å²) in [7, 11) is 1.42. The average Bonchev–Trinajstić information content (AvgIpc) is 3.17. The number of fused-ring (bicyclic) bond motifs is 1. The Balaban J connectivity index is 1.47. The molecule has 0 saturated carbocycles. The summed E-state index contributed by atoms with van der Waals surface area (Å²) in [5, 5.41) is 3.53. The first kappa shape index (κ1) is 19.9. The van der Waals surface area contributed by atoms with Gasteiger partial charge in [-0.1, -0.05) is 17.7 Å². The second kappa shape index (κ2) is 8.55. The molecule has 152 valence electrons. The summed E-state index contributed by atoms with van der Waals surface area (Å²) in [6.45, 7) is 0.388. The zero-order valence-corrected chi connectivity index (χ0v) is 17.0. The molecule has 7 heteroatoms. The van der Waals surface area contributed by atoms with Crippen LogP contribution in [0.15, 0.2) is 67.0 Å². The molecule has 1 amide bonds. The van der Waals surface area contributed by atoms with Gasteiger partial charge in [0, 0.05) is 22.8 Å². The maximum absolute atomic E-state index is 13.8. The number of benzene rings is 3. The summed E-state index contributed by atoms with van der Waals surface area (Å²) in [6.07, 6.45) is 2.23. The van der Waals surface area contributed by atoms with Crippen molar-refractivity contribution < 1.29 is 13.9 Å². The van der Waals surface area contributed by atoms with E-state index in [1.807, 2.05) is 22.8 Å². The number of imidazole rings is 1. The van der Waals surface area contributed by atoms with Crippen molar-refractivity contribution in [2.45, 2.75) is 6.42 Å². The second-order valence-corrected chi connectivity index (χ2v) is 7.21. The number of nitrogens with zero attached hydrogens (tertiary/aromatic N) is 2. The Hall–Kier alpha value is -3.38. The Morgan fingerprint density at radius 2 is 1.93 bits per heavy atom. The van der Waals surface area contributed by atoms with Gasteiger partial charge in [-0.05, 0) is 66.6 Å². The number of ether oxygens (including phenoxy) is 1. The molecule has 4 rings (SSSR count). The van der Waals surface area contributed by atoms with Crippen LogP contribution in [0.4, 0.5) is 4.39 Å². The van der Waals surface area contributed by atoms with Crippen LogP contribution in [0.1, 0.15) is 15.9 Å². The molecule has 4 aromatic rings. The van der Waals surface area contributed by atoms with E-state index in [4.69, 9.17) is 16.3 Å². The van der Waals surface area contributed by atoms with Crippen LogP contribution < -0.4 is 10.1 Å². The molecule has 0 aliphatic rings. The van der Waals surface area contributed by atoms with Crippen LogP contribution in [0.25, 0.3) is 16.7 Å². The summed E-state index contributed by atoms with van der Waals surface area (Å²) in [5.41, 5.74) is 3.82. The molecule has 0 spiro atoms. The number of amides is 1. The van der Waals surface area contributed by atoms with Gasteiger partial charge in [0.25, 0.3) is 5.91 Å². The van der Waals surface area contributed by atoms with E-state index in [0.717, 1.165) is 22.3 Å². The van der Waals surface area contributed by atoms with Crippen molar-refractivity contribution in [3.63, 3.8) is 0 Å². The minimum absolute atomic E-state index is 0.199. The molecule has 0 aliphatic carbocycles. The van der Waals surface area contributed by atoms with Crippen LogP contribution >= 0.6 is 11.6 Å². The number of rotatable bonds is 6. The topological polar surface area (TPSA) is 56.1 Å². The first-order chi connectivity index (χ1) is 14.5. The molecule has 0 bridgehead atoms. The highest BCUT2D eigenvalue weighted by Gasteiger charge is 2.11. The lowest BCUT2D eigenvalue weighted by Crippen LogP contribution is -2.25. The molecule has 0 saturated heterocycles. The third-order valence-electron chi connectivity index (χ3n) is 4.83. The van der Waals surface area contributed by atoms with Gasteiger partial charge in [0.2, 0.25) is 0 Å². The van der Waals surface area contributed by atoms with E-state index in [1.165, 1.54) is 13.2 Å². The van der Waals surface area contributed by atoms with Gasteiger partial charge in [-0.2, -0.15) is 0 Å². The second-order valence-electron chi connectivity index (χ2n) is 6.77. The van der Waals surface area contributed by atoms with E-state index < -0.39 is 5.82 Å². The molecule has 0 atom stereocenters. The van der Waals surface area contributed by atoms with Crippen LogP contribution in [0.5, 0.6) is 5.75 Å². The third-order valence-corrected chi connectivity index (χ3v) is 5.08. The molecule has 0 fully saturated rings. The zero-order valence-electron chi connectivity index (χ0n) is 16.2. The number of hydrogen-bond acceptors (Lipinski definition) is 3. The number of halogens is 2. The quantitative estimate of drug-likeness (QED) is 0.484. The minimum Gasteiger partial charge on any atom is -0.494 e. The van der Waals surface area contributed by atoms with Crippen LogP contribution in [-0.4, -0.2) is 29.1 Å². The molecule has 3 aromatic carbocycles. The standard InChI is InChI=1S/C23H19ClFN3O2/c1-30-22-9-2-15(12-19(22)25)10-11-26-23(29)16-3-8-20-21(13-16)28(14-27-20)18-6-4-17(24)5-7-18/h2-9,12-14H,10-11H2,1H3,(H,26,29). The average molecular weight is 424 g/mol. The van der Waals surface area contributed by atoms with Crippen LogP contribution in [0.3, 0.4) is 0 Å². The number of carbonyl (C=O) groups excluding carboxylic acids is 1. The van der Waals surface area contributed by atoms with Crippen LogP contribution in [0, 0.1) is 5.82 Å². The number of nitrogens with one attached hydrogen (secondary N) is 1. The van der Waals surface area contributed by atoms with Crippen molar-refractivity contribution in [3.8, 4) is 11.4 Å². The molecule has 1 aromatic heterocycles. The summed E-state index contributed by atoms with van der Waals surface area (Å²) < 4.78 is 20.6. The molecule has 1 heterocycles. The number of carbonyl (C=O) groups is 1. The van der Waals surface area contributed by atoms with E-state index in [0.29, 0.717) is 23.6 Å². The van der Waals surface area contributed by atoms with Gasteiger partial charge in [0.1, 0.15) is 6.33 Å². The Morgan fingerprint density at radius 1 is 1.13 bits per heavy atom. The van der Waals surface area contributed by atoms with E-state index in [-0.39, 0.29) is 11.7 Å². The summed E-state index contributed by atoms with van der Waals surface area (Å²) in [4.78, 5) is 17.0. The Kier molecular flexibility index (Phi) is 5.68. The third kappa shape index (κ3) is 4.14. The summed E-state index contributed by atoms with van der Waals surface area (Å²) in [6, 6.07) is 17.5. The maximum Gasteiger partial charge on any atom is 0.251 e. The van der Waals surface area contributed by atoms with Crippen molar-refractivity contribution >= 4 is 28.5 Å². The monoisotopic (exact) mass is 423 g/mol. The fourth-order valence-corrected chi connectivity index (χ4v) is 3.37. The van der Waals surface area contributed by atoms with Gasteiger partial charge in [0.15, 0.2) is 11.6 Å². The number of methoxy groups -OCH3 is 1. The van der Waals surface area contributed by atoms with Gasteiger partial charge in [-0.25, -0.2) is 9.37 Å². The fourth-order valence-electron chi connectivity index (χ4n) is 3.24. The molecular formula is C23H19ClFN3O2. The predicted octanol–water partition coefficient (Wildman–Crippen LogP) is 4.80. The van der Waals surface area contributed by atoms with Crippen molar-refractivity contribution in [1.29, 1.82) is 0 Å². The molecule has 0 radical (unpaired) electrons. The van der Waals surface area contributed by atoms with Gasteiger partial charge >= 0.3 is 0 Å². The van der Waals surface area contributed by atoms with E-state index in [9.17, 15) is 9.18 Å². The summed E-state index contributed by atoms with van der Waals surface area (Å²) in [5.74, 6) is -0.412. The number of hydrogen-bond donors (Lipinski definition) is 1. The fraction of sp³-hybridized carbons (Fsp3) is 0.130. The van der Waals surface area contributed by atoms with Crippen molar-refractivity contribution in [2.24, 2.45) is 0 Å². The Labute approximate surface area is 178 Å². The first-order valence-electron chi connectivity index (χ1n) is 9.39. The van der Waals surface area contributed by atoms with Gasteiger partial charge in [-0.15, -0.1) is 0 Å². The smallest absolute Gasteiger partial charge is 0.251 e.